The van der Waals surface area contributed by atoms with Crippen LogP contribution < -0.4 is 0 Å². The average molecular weight is 248 g/mol. The van der Waals surface area contributed by atoms with Gasteiger partial charge in [-0.2, -0.15) is 0 Å². The van der Waals surface area contributed by atoms with Crippen molar-refractivity contribution >= 4 is 5.91 Å². The van der Waals surface area contributed by atoms with Gasteiger partial charge in [0.2, 0.25) is 0 Å². The summed E-state index contributed by atoms with van der Waals surface area (Å²) in [6, 6.07) is 3.78. The molecule has 0 saturated carbocycles. The van der Waals surface area contributed by atoms with E-state index in [9.17, 15) is 4.79 Å². The number of rotatable bonds is 5. The van der Waals surface area contributed by atoms with Gasteiger partial charge in [0.1, 0.15) is 5.69 Å². The Morgan fingerprint density at radius 2 is 2.22 bits per heavy atom. The Bertz CT molecular complexity index is 437. The van der Waals surface area contributed by atoms with Gasteiger partial charge < -0.3 is 0 Å². The molecular weight excluding hydrogens is 228 g/mol. The summed E-state index contributed by atoms with van der Waals surface area (Å²) in [7, 11) is 3.04. The van der Waals surface area contributed by atoms with Crippen LogP contribution in [0.2, 0.25) is 0 Å². The van der Waals surface area contributed by atoms with Crippen molar-refractivity contribution in [2.45, 2.75) is 26.7 Å². The number of carbonyl (C=O) groups excluding carboxylic acids is 1. The number of aryl methyl sites for hydroxylation is 1. The molecule has 0 aliphatic heterocycles. The molecule has 0 saturated heterocycles. The molecule has 4 nitrogen and oxygen atoms in total. The van der Waals surface area contributed by atoms with Crippen molar-refractivity contribution in [3.05, 3.63) is 41.2 Å². The Balaban J connectivity index is 2.86. The molecule has 0 atom stereocenters. The molecule has 98 valence electrons. The second-order valence-electron chi connectivity index (χ2n) is 4.32. The number of amides is 1. The zero-order valence-electron chi connectivity index (χ0n) is 11.4. The van der Waals surface area contributed by atoms with E-state index in [1.807, 2.05) is 12.1 Å². The highest BCUT2D eigenvalue weighted by atomic mass is 16.7. The van der Waals surface area contributed by atoms with Gasteiger partial charge >= 0.3 is 0 Å². The summed E-state index contributed by atoms with van der Waals surface area (Å²) in [4.78, 5) is 21.1. The van der Waals surface area contributed by atoms with Gasteiger partial charge in [-0.3, -0.25) is 14.6 Å². The number of allylic oxidation sites excluding steroid dienone is 2. The highest BCUT2D eigenvalue weighted by Crippen LogP contribution is 2.11. The molecule has 1 aromatic heterocycles. The lowest BCUT2D eigenvalue weighted by molar-refractivity contribution is -0.0761. The molecular formula is C14H20N2O2. The summed E-state index contributed by atoms with van der Waals surface area (Å²) in [6.07, 6.45) is 5.49. The number of carbonyl (C=O) groups is 1. The van der Waals surface area contributed by atoms with Gasteiger partial charge in [-0.25, -0.2) is 5.06 Å². The zero-order chi connectivity index (χ0) is 13.5. The molecule has 1 rings (SSSR count). The maximum absolute atomic E-state index is 12.0. The van der Waals surface area contributed by atoms with Gasteiger partial charge in [-0.1, -0.05) is 17.7 Å². The van der Waals surface area contributed by atoms with Crippen LogP contribution in [0.5, 0.6) is 0 Å². The van der Waals surface area contributed by atoms with E-state index in [4.69, 9.17) is 4.84 Å². The third kappa shape index (κ3) is 3.96. The van der Waals surface area contributed by atoms with E-state index in [1.54, 1.807) is 13.2 Å². The van der Waals surface area contributed by atoms with Gasteiger partial charge in [-0.05, 0) is 38.3 Å². The van der Waals surface area contributed by atoms with E-state index < -0.39 is 0 Å². The SMILES string of the molecule is CON(C)C(=O)c1ncccc1CCC=C(C)C. The molecule has 0 aliphatic carbocycles. The number of hydrogen-bond donors (Lipinski definition) is 0. The van der Waals surface area contributed by atoms with Crippen molar-refractivity contribution in [1.29, 1.82) is 0 Å². The van der Waals surface area contributed by atoms with Crippen LogP contribution in [-0.4, -0.2) is 30.1 Å². The predicted octanol–water partition coefficient (Wildman–Crippen LogP) is 2.61. The van der Waals surface area contributed by atoms with Gasteiger partial charge in [-0.15, -0.1) is 0 Å². The Kier molecular flexibility index (Phi) is 5.52. The molecule has 0 spiro atoms. The fourth-order valence-electron chi connectivity index (χ4n) is 1.58. The fraction of sp³-hybridized carbons (Fsp3) is 0.429. The van der Waals surface area contributed by atoms with Crippen LogP contribution in [-0.2, 0) is 11.3 Å². The molecule has 0 aromatic carbocycles. The number of aromatic nitrogens is 1. The first-order valence-electron chi connectivity index (χ1n) is 5.95. The van der Waals surface area contributed by atoms with Crippen molar-refractivity contribution in [2.24, 2.45) is 0 Å². The molecule has 0 unspecified atom stereocenters. The monoisotopic (exact) mass is 248 g/mol. The smallest absolute Gasteiger partial charge is 0.274 e. The van der Waals surface area contributed by atoms with E-state index >= 15 is 0 Å². The van der Waals surface area contributed by atoms with Crippen LogP contribution in [0.3, 0.4) is 0 Å². The van der Waals surface area contributed by atoms with Crippen LogP contribution in [0.4, 0.5) is 0 Å². The lowest BCUT2D eigenvalue weighted by Crippen LogP contribution is -2.27. The normalized spacial score (nSPS) is 10.0. The summed E-state index contributed by atoms with van der Waals surface area (Å²) in [5.41, 5.74) is 2.69. The Hall–Kier alpha value is -1.68. The second kappa shape index (κ2) is 6.91. The summed E-state index contributed by atoms with van der Waals surface area (Å²) >= 11 is 0. The van der Waals surface area contributed by atoms with Crippen LogP contribution in [0.25, 0.3) is 0 Å². The molecule has 0 N–H and O–H groups in total. The zero-order valence-corrected chi connectivity index (χ0v) is 11.4. The van der Waals surface area contributed by atoms with E-state index in [0.29, 0.717) is 5.69 Å². The van der Waals surface area contributed by atoms with E-state index in [0.717, 1.165) is 18.4 Å². The number of hydroxylamine groups is 2. The minimum Gasteiger partial charge on any atom is -0.274 e. The van der Waals surface area contributed by atoms with Crippen molar-refractivity contribution in [3.8, 4) is 0 Å². The molecule has 0 aliphatic rings. The largest absolute Gasteiger partial charge is 0.295 e. The van der Waals surface area contributed by atoms with E-state index in [2.05, 4.69) is 24.9 Å². The Morgan fingerprint density at radius 3 is 2.83 bits per heavy atom. The maximum Gasteiger partial charge on any atom is 0.295 e. The summed E-state index contributed by atoms with van der Waals surface area (Å²) in [5, 5.41) is 1.19. The molecule has 0 fully saturated rings. The molecule has 18 heavy (non-hydrogen) atoms. The molecule has 0 radical (unpaired) electrons. The fourth-order valence-corrected chi connectivity index (χ4v) is 1.58. The Labute approximate surface area is 108 Å². The Morgan fingerprint density at radius 1 is 1.50 bits per heavy atom. The minimum absolute atomic E-state index is 0.217. The second-order valence-corrected chi connectivity index (χ2v) is 4.32. The molecule has 0 bridgehead atoms. The predicted molar refractivity (Wildman–Crippen MR) is 71.1 cm³/mol. The summed E-state index contributed by atoms with van der Waals surface area (Å²) in [5.74, 6) is -0.217. The van der Waals surface area contributed by atoms with Crippen molar-refractivity contribution < 1.29 is 9.63 Å². The topological polar surface area (TPSA) is 42.4 Å². The lowest BCUT2D eigenvalue weighted by atomic mass is 10.1. The lowest BCUT2D eigenvalue weighted by Gasteiger charge is -2.14. The van der Waals surface area contributed by atoms with E-state index in [-0.39, 0.29) is 5.91 Å². The van der Waals surface area contributed by atoms with Gasteiger partial charge in [0, 0.05) is 13.2 Å². The number of pyridine rings is 1. The van der Waals surface area contributed by atoms with Crippen LogP contribution in [0.1, 0.15) is 36.3 Å². The highest BCUT2D eigenvalue weighted by molar-refractivity contribution is 5.92. The molecule has 1 amide bonds. The third-order valence-electron chi connectivity index (χ3n) is 2.62. The number of nitrogens with zero attached hydrogens (tertiary/aromatic N) is 2. The van der Waals surface area contributed by atoms with Crippen LogP contribution in [0.15, 0.2) is 30.0 Å². The molecule has 1 aromatic rings. The first-order valence-corrected chi connectivity index (χ1v) is 5.95. The minimum atomic E-state index is -0.217. The number of hydrogen-bond acceptors (Lipinski definition) is 3. The van der Waals surface area contributed by atoms with Crippen molar-refractivity contribution in [2.75, 3.05) is 14.2 Å². The highest BCUT2D eigenvalue weighted by Gasteiger charge is 2.16. The first kappa shape index (κ1) is 14.4. The van der Waals surface area contributed by atoms with E-state index in [1.165, 1.54) is 17.7 Å². The quantitative estimate of drug-likeness (QED) is 0.594. The summed E-state index contributed by atoms with van der Waals surface area (Å²) < 4.78 is 0. The van der Waals surface area contributed by atoms with Crippen molar-refractivity contribution in [1.82, 2.24) is 10.0 Å². The standard InChI is InChI=1S/C14H20N2O2/c1-11(2)7-5-8-12-9-6-10-15-13(12)14(17)16(3)18-4/h6-7,9-10H,5,8H2,1-4H3. The first-order chi connectivity index (χ1) is 8.56. The van der Waals surface area contributed by atoms with Gasteiger partial charge in [0.15, 0.2) is 0 Å². The third-order valence-corrected chi connectivity index (χ3v) is 2.62. The average Bonchev–Trinajstić information content (AvgIpc) is 2.37. The van der Waals surface area contributed by atoms with Gasteiger partial charge in [0.25, 0.3) is 5.91 Å². The maximum atomic E-state index is 12.0. The molecule has 4 heteroatoms. The van der Waals surface area contributed by atoms with Crippen LogP contribution in [0, 0.1) is 0 Å². The molecule has 1 heterocycles. The van der Waals surface area contributed by atoms with Gasteiger partial charge in [0.05, 0.1) is 7.11 Å². The summed E-state index contributed by atoms with van der Waals surface area (Å²) in [6.45, 7) is 4.13. The van der Waals surface area contributed by atoms with Crippen LogP contribution >= 0.6 is 0 Å². The van der Waals surface area contributed by atoms with Crippen molar-refractivity contribution in [3.63, 3.8) is 0 Å².